The van der Waals surface area contributed by atoms with E-state index in [0.29, 0.717) is 16.0 Å². The molecule has 1 amide bonds. The fourth-order valence-electron chi connectivity index (χ4n) is 1.17. The van der Waals surface area contributed by atoms with Crippen LogP contribution in [0.2, 0.25) is 0 Å². The van der Waals surface area contributed by atoms with Gasteiger partial charge in [0.2, 0.25) is 0 Å². The van der Waals surface area contributed by atoms with Gasteiger partial charge in [0.15, 0.2) is 0 Å². The highest BCUT2D eigenvalue weighted by Gasteiger charge is 2.07. The molecule has 5 heteroatoms. The lowest BCUT2D eigenvalue weighted by Gasteiger charge is -2.03. The van der Waals surface area contributed by atoms with Crippen LogP contribution >= 0.6 is 15.9 Å². The third kappa shape index (κ3) is 2.64. The number of hydrogen-bond acceptors (Lipinski definition) is 3. The molecule has 0 saturated heterocycles. The van der Waals surface area contributed by atoms with Gasteiger partial charge in [-0.15, -0.1) is 0 Å². The molecule has 1 N–H and O–H groups in total. The van der Waals surface area contributed by atoms with Crippen molar-refractivity contribution in [2.24, 2.45) is 0 Å². The van der Waals surface area contributed by atoms with Crippen LogP contribution in [0, 0.1) is 0 Å². The molecule has 0 aliphatic rings. The fraction of sp³-hybridized carbons (Fsp3) is 0. The Bertz CT molecular complexity index is 502. The quantitative estimate of drug-likeness (QED) is 0.859. The van der Waals surface area contributed by atoms with E-state index in [2.05, 4.69) is 31.2 Å². The predicted molar refractivity (Wildman–Crippen MR) is 64.1 cm³/mol. The van der Waals surface area contributed by atoms with Crippen LogP contribution in [-0.4, -0.2) is 15.9 Å². The van der Waals surface area contributed by atoms with Crippen LogP contribution in [0.4, 0.5) is 5.69 Å². The van der Waals surface area contributed by atoms with Gasteiger partial charge in [0.1, 0.15) is 10.3 Å². The molecule has 2 rings (SSSR count). The Labute approximate surface area is 101 Å². The van der Waals surface area contributed by atoms with Gasteiger partial charge in [-0.3, -0.25) is 9.78 Å². The average Bonchev–Trinajstić information content (AvgIpc) is 2.30. The van der Waals surface area contributed by atoms with E-state index in [9.17, 15) is 4.79 Å². The van der Waals surface area contributed by atoms with Crippen molar-refractivity contribution in [3.8, 4) is 0 Å². The standard InChI is InChI=1S/C11H8BrN3O/c12-10-3-1-2-9(15-10)11(16)14-8-4-6-13-7-5-8/h1-7H,(H,13,14,16). The summed E-state index contributed by atoms with van der Waals surface area (Å²) in [6, 6.07) is 8.62. The number of halogens is 1. The van der Waals surface area contributed by atoms with Crippen LogP contribution < -0.4 is 5.32 Å². The molecule has 0 atom stereocenters. The fourth-order valence-corrected chi connectivity index (χ4v) is 1.51. The van der Waals surface area contributed by atoms with E-state index in [1.54, 1.807) is 42.7 Å². The monoisotopic (exact) mass is 277 g/mol. The maximum Gasteiger partial charge on any atom is 0.274 e. The number of amides is 1. The van der Waals surface area contributed by atoms with Crippen molar-refractivity contribution in [1.82, 2.24) is 9.97 Å². The number of carbonyl (C=O) groups excluding carboxylic acids is 1. The summed E-state index contributed by atoms with van der Waals surface area (Å²) in [5, 5.41) is 2.72. The molecule has 4 nitrogen and oxygen atoms in total. The summed E-state index contributed by atoms with van der Waals surface area (Å²) in [7, 11) is 0. The van der Waals surface area contributed by atoms with Gasteiger partial charge in [-0.1, -0.05) is 6.07 Å². The average molecular weight is 278 g/mol. The molecule has 0 bridgehead atoms. The van der Waals surface area contributed by atoms with Gasteiger partial charge >= 0.3 is 0 Å². The Morgan fingerprint density at radius 2 is 1.94 bits per heavy atom. The van der Waals surface area contributed by atoms with E-state index in [1.165, 1.54) is 0 Å². The topological polar surface area (TPSA) is 54.9 Å². The molecule has 0 fully saturated rings. The van der Waals surface area contributed by atoms with Gasteiger partial charge in [0.25, 0.3) is 5.91 Å². The molecular formula is C11H8BrN3O. The first-order valence-electron chi connectivity index (χ1n) is 4.59. The summed E-state index contributed by atoms with van der Waals surface area (Å²) >= 11 is 3.21. The molecule has 2 aromatic rings. The highest BCUT2D eigenvalue weighted by Crippen LogP contribution is 2.09. The molecule has 2 aromatic heterocycles. The molecule has 0 spiro atoms. The number of carbonyl (C=O) groups is 1. The minimum absolute atomic E-state index is 0.243. The first-order valence-corrected chi connectivity index (χ1v) is 5.39. The lowest BCUT2D eigenvalue weighted by molar-refractivity contribution is 0.102. The molecule has 0 aromatic carbocycles. The Morgan fingerprint density at radius 1 is 1.19 bits per heavy atom. The summed E-state index contributed by atoms with van der Waals surface area (Å²) in [5.74, 6) is -0.243. The summed E-state index contributed by atoms with van der Waals surface area (Å²) in [4.78, 5) is 19.7. The predicted octanol–water partition coefficient (Wildman–Crippen LogP) is 2.49. The Morgan fingerprint density at radius 3 is 2.62 bits per heavy atom. The van der Waals surface area contributed by atoms with E-state index >= 15 is 0 Å². The first kappa shape index (κ1) is 10.8. The molecule has 2 heterocycles. The van der Waals surface area contributed by atoms with E-state index in [4.69, 9.17) is 0 Å². The smallest absolute Gasteiger partial charge is 0.274 e. The van der Waals surface area contributed by atoms with Crippen LogP contribution in [0.15, 0.2) is 47.3 Å². The summed E-state index contributed by atoms with van der Waals surface area (Å²) in [5.41, 5.74) is 1.06. The molecule has 0 aliphatic heterocycles. The minimum Gasteiger partial charge on any atom is -0.321 e. The maximum atomic E-state index is 11.8. The molecule has 0 unspecified atom stereocenters. The number of nitrogens with one attached hydrogen (secondary N) is 1. The SMILES string of the molecule is O=C(Nc1ccncc1)c1cccc(Br)n1. The number of rotatable bonds is 2. The minimum atomic E-state index is -0.243. The van der Waals surface area contributed by atoms with Crippen LogP contribution in [0.5, 0.6) is 0 Å². The lowest BCUT2D eigenvalue weighted by atomic mass is 10.3. The van der Waals surface area contributed by atoms with Crippen molar-refractivity contribution in [3.05, 3.63) is 53.0 Å². The normalized spacial score (nSPS) is 9.81. The van der Waals surface area contributed by atoms with E-state index in [1.807, 2.05) is 0 Å². The Kier molecular flexibility index (Phi) is 3.26. The number of pyridine rings is 2. The molecule has 16 heavy (non-hydrogen) atoms. The second kappa shape index (κ2) is 4.85. The molecule has 0 saturated carbocycles. The molecular weight excluding hydrogens is 270 g/mol. The lowest BCUT2D eigenvalue weighted by Crippen LogP contribution is -2.13. The Hall–Kier alpha value is -1.75. The third-order valence-electron chi connectivity index (χ3n) is 1.89. The van der Waals surface area contributed by atoms with Crippen LogP contribution in [0.25, 0.3) is 0 Å². The second-order valence-electron chi connectivity index (χ2n) is 3.04. The molecule has 0 radical (unpaired) electrons. The van der Waals surface area contributed by atoms with Crippen molar-refractivity contribution in [2.45, 2.75) is 0 Å². The zero-order chi connectivity index (χ0) is 11.4. The third-order valence-corrected chi connectivity index (χ3v) is 2.33. The second-order valence-corrected chi connectivity index (χ2v) is 3.85. The van der Waals surface area contributed by atoms with Crippen molar-refractivity contribution in [3.63, 3.8) is 0 Å². The van der Waals surface area contributed by atoms with Crippen molar-refractivity contribution >= 4 is 27.5 Å². The largest absolute Gasteiger partial charge is 0.321 e. The zero-order valence-corrected chi connectivity index (χ0v) is 9.81. The van der Waals surface area contributed by atoms with Crippen molar-refractivity contribution in [2.75, 3.05) is 5.32 Å². The maximum absolute atomic E-state index is 11.8. The van der Waals surface area contributed by atoms with E-state index in [0.717, 1.165) is 0 Å². The van der Waals surface area contributed by atoms with Crippen molar-refractivity contribution in [1.29, 1.82) is 0 Å². The zero-order valence-electron chi connectivity index (χ0n) is 8.22. The number of hydrogen-bond donors (Lipinski definition) is 1. The van der Waals surface area contributed by atoms with Gasteiger partial charge in [0.05, 0.1) is 0 Å². The van der Waals surface area contributed by atoms with E-state index < -0.39 is 0 Å². The number of aromatic nitrogens is 2. The summed E-state index contributed by atoms with van der Waals surface area (Å²) in [6.07, 6.45) is 3.23. The van der Waals surface area contributed by atoms with Gasteiger partial charge in [-0.25, -0.2) is 4.98 Å². The highest BCUT2D eigenvalue weighted by molar-refractivity contribution is 9.10. The van der Waals surface area contributed by atoms with Gasteiger partial charge in [-0.05, 0) is 40.2 Å². The van der Waals surface area contributed by atoms with Gasteiger partial charge < -0.3 is 5.32 Å². The highest BCUT2D eigenvalue weighted by atomic mass is 79.9. The van der Waals surface area contributed by atoms with Gasteiger partial charge in [0, 0.05) is 18.1 Å². The number of anilines is 1. The Balaban J connectivity index is 2.15. The van der Waals surface area contributed by atoms with Crippen LogP contribution in [-0.2, 0) is 0 Å². The summed E-state index contributed by atoms with van der Waals surface area (Å²) < 4.78 is 0.634. The van der Waals surface area contributed by atoms with E-state index in [-0.39, 0.29) is 5.91 Å². The van der Waals surface area contributed by atoms with Gasteiger partial charge in [-0.2, -0.15) is 0 Å². The number of nitrogens with zero attached hydrogens (tertiary/aromatic N) is 2. The van der Waals surface area contributed by atoms with Crippen LogP contribution in [0.3, 0.4) is 0 Å². The van der Waals surface area contributed by atoms with Crippen LogP contribution in [0.1, 0.15) is 10.5 Å². The van der Waals surface area contributed by atoms with Crippen molar-refractivity contribution < 1.29 is 4.79 Å². The summed E-state index contributed by atoms with van der Waals surface area (Å²) in [6.45, 7) is 0. The first-order chi connectivity index (χ1) is 7.75. The molecule has 0 aliphatic carbocycles. The molecule has 80 valence electrons.